The Hall–Kier alpha value is -1.92. The summed E-state index contributed by atoms with van der Waals surface area (Å²) < 4.78 is 1.61. The van der Waals surface area contributed by atoms with Gasteiger partial charge in [-0.05, 0) is 12.8 Å². The molecule has 0 bridgehead atoms. The maximum absolute atomic E-state index is 12.1. The van der Waals surface area contributed by atoms with Crippen LogP contribution in [-0.2, 0) is 23.1 Å². The third kappa shape index (κ3) is 3.22. The van der Waals surface area contributed by atoms with Crippen molar-refractivity contribution < 1.29 is 9.59 Å². The minimum Gasteiger partial charge on any atom is -0.354 e. The largest absolute Gasteiger partial charge is 0.354 e. The first-order chi connectivity index (χ1) is 10.0. The third-order valence-corrected chi connectivity index (χ3v) is 4.46. The molecule has 1 aliphatic heterocycles. The fourth-order valence-electron chi connectivity index (χ4n) is 2.86. The molecule has 2 rings (SSSR count). The van der Waals surface area contributed by atoms with Crippen LogP contribution in [0.15, 0.2) is 6.20 Å². The third-order valence-electron chi connectivity index (χ3n) is 4.46. The summed E-state index contributed by atoms with van der Waals surface area (Å²) in [4.78, 5) is 24.1. The van der Waals surface area contributed by atoms with Crippen molar-refractivity contribution in [3.63, 3.8) is 0 Å². The first kappa shape index (κ1) is 15.5. The Morgan fingerprint density at radius 3 is 2.81 bits per heavy atom. The van der Waals surface area contributed by atoms with E-state index in [9.17, 15) is 9.59 Å². The van der Waals surface area contributed by atoms with E-state index in [2.05, 4.69) is 34.8 Å². The molecule has 7 heteroatoms. The van der Waals surface area contributed by atoms with Crippen molar-refractivity contribution in [2.45, 2.75) is 45.6 Å². The molecule has 0 spiro atoms. The fourth-order valence-corrected chi connectivity index (χ4v) is 2.86. The minimum absolute atomic E-state index is 0.0773. The lowest BCUT2D eigenvalue weighted by Crippen LogP contribution is -2.48. The summed E-state index contributed by atoms with van der Waals surface area (Å²) in [6.07, 6.45) is 4.35. The number of nitrogens with zero attached hydrogens (tertiary/aromatic N) is 3. The lowest BCUT2D eigenvalue weighted by atomic mass is 9.77. The van der Waals surface area contributed by atoms with Crippen molar-refractivity contribution in [3.8, 4) is 0 Å². The molecule has 2 amide bonds. The molecule has 21 heavy (non-hydrogen) atoms. The molecule has 0 radical (unpaired) electrons. The van der Waals surface area contributed by atoms with Gasteiger partial charge in [0, 0.05) is 38.0 Å². The number of carbonyl (C=O) groups excluding carboxylic acids is 2. The number of carbonyl (C=O) groups is 2. The fraction of sp³-hybridized carbons (Fsp3) is 0.714. The van der Waals surface area contributed by atoms with Crippen LogP contribution in [0.25, 0.3) is 0 Å². The molecule has 1 unspecified atom stereocenters. The second-order valence-corrected chi connectivity index (χ2v) is 5.67. The molecule has 0 saturated carbocycles. The standard InChI is InChI=1S/C14H23N5O2/c1-4-14(5-2)9-15-13(21)12(14)16-11(20)7-6-10-8-19(3)18-17-10/h8,12H,4-7,9H2,1-3H3,(H,15,21)(H,16,20). The molecule has 1 aromatic rings. The molecule has 0 aromatic carbocycles. The van der Waals surface area contributed by atoms with Gasteiger partial charge < -0.3 is 10.6 Å². The van der Waals surface area contributed by atoms with Crippen molar-refractivity contribution in [1.29, 1.82) is 0 Å². The van der Waals surface area contributed by atoms with Crippen LogP contribution in [0.1, 0.15) is 38.8 Å². The van der Waals surface area contributed by atoms with Gasteiger partial charge in [-0.2, -0.15) is 0 Å². The van der Waals surface area contributed by atoms with E-state index >= 15 is 0 Å². The van der Waals surface area contributed by atoms with Crippen LogP contribution in [0.4, 0.5) is 0 Å². The number of rotatable bonds is 6. The topological polar surface area (TPSA) is 88.9 Å². The monoisotopic (exact) mass is 293 g/mol. The van der Waals surface area contributed by atoms with Crippen LogP contribution in [0, 0.1) is 5.41 Å². The van der Waals surface area contributed by atoms with Gasteiger partial charge in [0.1, 0.15) is 6.04 Å². The zero-order chi connectivity index (χ0) is 15.5. The molecule has 116 valence electrons. The van der Waals surface area contributed by atoms with Crippen LogP contribution in [0.5, 0.6) is 0 Å². The predicted octanol–water partition coefficient (Wildman–Crippen LogP) is 0.169. The van der Waals surface area contributed by atoms with E-state index in [0.717, 1.165) is 18.5 Å². The number of hydrogen-bond donors (Lipinski definition) is 2. The predicted molar refractivity (Wildman–Crippen MR) is 77.3 cm³/mol. The van der Waals surface area contributed by atoms with Crippen LogP contribution >= 0.6 is 0 Å². The molecule has 1 aliphatic rings. The highest BCUT2D eigenvalue weighted by molar-refractivity contribution is 5.90. The van der Waals surface area contributed by atoms with Crippen LogP contribution in [0.3, 0.4) is 0 Å². The Balaban J connectivity index is 1.93. The highest BCUT2D eigenvalue weighted by Gasteiger charge is 2.46. The Morgan fingerprint density at radius 2 is 2.24 bits per heavy atom. The normalized spacial score (nSPS) is 20.3. The molecular weight excluding hydrogens is 270 g/mol. The van der Waals surface area contributed by atoms with Gasteiger partial charge >= 0.3 is 0 Å². The highest BCUT2D eigenvalue weighted by atomic mass is 16.2. The first-order valence-electron chi connectivity index (χ1n) is 7.43. The second kappa shape index (κ2) is 6.24. The minimum atomic E-state index is -0.429. The van der Waals surface area contributed by atoms with Crippen LogP contribution in [0.2, 0.25) is 0 Å². The van der Waals surface area contributed by atoms with Crippen molar-refractivity contribution >= 4 is 11.8 Å². The maximum atomic E-state index is 12.1. The van der Waals surface area contributed by atoms with Gasteiger partial charge in [0.15, 0.2) is 0 Å². The molecule has 1 saturated heterocycles. The Kier molecular flexibility index (Phi) is 4.59. The zero-order valence-corrected chi connectivity index (χ0v) is 12.8. The second-order valence-electron chi connectivity index (χ2n) is 5.67. The summed E-state index contributed by atoms with van der Waals surface area (Å²) in [7, 11) is 1.79. The first-order valence-corrected chi connectivity index (χ1v) is 7.43. The molecule has 1 fully saturated rings. The van der Waals surface area contributed by atoms with Crippen LogP contribution < -0.4 is 10.6 Å². The molecule has 2 N–H and O–H groups in total. The van der Waals surface area contributed by atoms with E-state index in [1.54, 1.807) is 17.9 Å². The number of hydrogen-bond acceptors (Lipinski definition) is 4. The van der Waals surface area contributed by atoms with Gasteiger partial charge in [-0.15, -0.1) is 5.10 Å². The van der Waals surface area contributed by atoms with E-state index in [4.69, 9.17) is 0 Å². The number of nitrogens with one attached hydrogen (secondary N) is 2. The summed E-state index contributed by atoms with van der Waals surface area (Å²) in [6, 6.07) is -0.429. The molecule has 7 nitrogen and oxygen atoms in total. The molecule has 2 heterocycles. The SMILES string of the molecule is CCC1(CC)CNC(=O)C1NC(=O)CCc1cn(C)nn1. The van der Waals surface area contributed by atoms with Crippen LogP contribution in [-0.4, -0.2) is 39.4 Å². The van der Waals surface area contributed by atoms with Gasteiger partial charge in [0.25, 0.3) is 0 Å². The van der Waals surface area contributed by atoms with E-state index in [-0.39, 0.29) is 17.2 Å². The van der Waals surface area contributed by atoms with Gasteiger partial charge in [-0.1, -0.05) is 19.1 Å². The van der Waals surface area contributed by atoms with Crippen molar-refractivity contribution in [1.82, 2.24) is 25.6 Å². The smallest absolute Gasteiger partial charge is 0.243 e. The molecular formula is C14H23N5O2. The molecule has 0 aliphatic carbocycles. The van der Waals surface area contributed by atoms with E-state index < -0.39 is 6.04 Å². The number of aromatic nitrogens is 3. The van der Waals surface area contributed by atoms with E-state index in [0.29, 0.717) is 19.4 Å². The summed E-state index contributed by atoms with van der Waals surface area (Å²) in [5.41, 5.74) is 0.611. The maximum Gasteiger partial charge on any atom is 0.243 e. The zero-order valence-electron chi connectivity index (χ0n) is 12.8. The Morgan fingerprint density at radius 1 is 1.52 bits per heavy atom. The average molecular weight is 293 g/mol. The molecule has 1 atom stereocenters. The average Bonchev–Trinajstić information content (AvgIpc) is 3.02. The summed E-state index contributed by atoms with van der Waals surface area (Å²) in [5, 5.41) is 13.5. The summed E-state index contributed by atoms with van der Waals surface area (Å²) >= 11 is 0. The number of amides is 2. The summed E-state index contributed by atoms with van der Waals surface area (Å²) in [6.45, 7) is 4.75. The van der Waals surface area contributed by atoms with Crippen molar-refractivity contribution in [2.24, 2.45) is 12.5 Å². The Bertz CT molecular complexity index is 521. The van der Waals surface area contributed by atoms with E-state index in [1.807, 2.05) is 0 Å². The molecule has 1 aromatic heterocycles. The Labute approximate surface area is 124 Å². The summed E-state index contributed by atoms with van der Waals surface area (Å²) in [5.74, 6) is -0.194. The van der Waals surface area contributed by atoms with Gasteiger partial charge in [-0.3, -0.25) is 14.3 Å². The highest BCUT2D eigenvalue weighted by Crippen LogP contribution is 2.34. The van der Waals surface area contributed by atoms with Crippen molar-refractivity contribution in [2.75, 3.05) is 6.54 Å². The lowest BCUT2D eigenvalue weighted by molar-refractivity contribution is -0.128. The lowest BCUT2D eigenvalue weighted by Gasteiger charge is -2.31. The van der Waals surface area contributed by atoms with Gasteiger partial charge in [0.2, 0.25) is 11.8 Å². The van der Waals surface area contributed by atoms with Gasteiger partial charge in [-0.25, -0.2) is 0 Å². The number of aryl methyl sites for hydroxylation is 2. The van der Waals surface area contributed by atoms with Gasteiger partial charge in [0.05, 0.1) is 5.69 Å². The van der Waals surface area contributed by atoms with Crippen molar-refractivity contribution in [3.05, 3.63) is 11.9 Å². The van der Waals surface area contributed by atoms with E-state index in [1.165, 1.54) is 0 Å². The quantitative estimate of drug-likeness (QED) is 0.782.